The smallest absolute Gasteiger partial charge is 0.187 e. The summed E-state index contributed by atoms with van der Waals surface area (Å²) in [7, 11) is 1.52. The van der Waals surface area contributed by atoms with E-state index in [-0.39, 0.29) is 5.78 Å². The first-order valence-electron chi connectivity index (χ1n) is 5.99. The van der Waals surface area contributed by atoms with Gasteiger partial charge in [0.25, 0.3) is 0 Å². The summed E-state index contributed by atoms with van der Waals surface area (Å²) in [5.74, 6) is -0.946. The summed E-state index contributed by atoms with van der Waals surface area (Å²) >= 11 is 0. The monoisotopic (exact) mass is 272 g/mol. The number of hydrogen-bond donors (Lipinski definition) is 0. The van der Waals surface area contributed by atoms with Crippen LogP contribution in [0.25, 0.3) is 5.57 Å². The number of benzene rings is 2. The zero-order valence-corrected chi connectivity index (χ0v) is 10.6. The first kappa shape index (κ1) is 12.5. The molecule has 3 rings (SSSR count). The van der Waals surface area contributed by atoms with Gasteiger partial charge in [-0.2, -0.15) is 0 Å². The molecular weight excluding hydrogens is 262 g/mol. The summed E-state index contributed by atoms with van der Waals surface area (Å²) in [5, 5.41) is 0. The van der Waals surface area contributed by atoms with E-state index in [1.807, 2.05) is 0 Å². The Kier molecular flexibility index (Phi) is 2.86. The Morgan fingerprint density at radius 1 is 0.950 bits per heavy atom. The number of rotatable bonds is 2. The lowest BCUT2D eigenvalue weighted by Gasteiger charge is -2.08. The molecule has 0 N–H and O–H groups in total. The van der Waals surface area contributed by atoms with Crippen LogP contribution in [0.5, 0.6) is 5.75 Å². The molecule has 20 heavy (non-hydrogen) atoms. The van der Waals surface area contributed by atoms with Crippen LogP contribution in [0, 0.1) is 11.6 Å². The molecule has 2 nitrogen and oxygen atoms in total. The lowest BCUT2D eigenvalue weighted by Crippen LogP contribution is -1.94. The van der Waals surface area contributed by atoms with Gasteiger partial charge in [-0.15, -0.1) is 0 Å². The molecular formula is C16H10F2O2. The number of hydrogen-bond acceptors (Lipinski definition) is 2. The maximum Gasteiger partial charge on any atom is 0.187 e. The van der Waals surface area contributed by atoms with Crippen LogP contribution in [-0.2, 0) is 0 Å². The largest absolute Gasteiger partial charge is 0.497 e. The number of carbonyl (C=O) groups excluding carboxylic acids is 1. The Bertz CT molecular complexity index is 728. The molecule has 4 heteroatoms. The van der Waals surface area contributed by atoms with Crippen molar-refractivity contribution in [1.82, 2.24) is 0 Å². The van der Waals surface area contributed by atoms with Gasteiger partial charge in [-0.05, 0) is 53.1 Å². The van der Waals surface area contributed by atoms with Crippen LogP contribution in [-0.4, -0.2) is 12.9 Å². The standard InChI is InChI=1S/C16H10F2O2/c1-20-12-2-3-13-15(7-12)14(8-16(13)19)9-4-10(17)6-11(18)5-9/h2-8H,1H3. The van der Waals surface area contributed by atoms with Crippen LogP contribution >= 0.6 is 0 Å². The maximum absolute atomic E-state index is 13.3. The van der Waals surface area contributed by atoms with E-state index in [0.717, 1.165) is 6.07 Å². The second-order valence-corrected chi connectivity index (χ2v) is 4.49. The highest BCUT2D eigenvalue weighted by molar-refractivity contribution is 6.18. The van der Waals surface area contributed by atoms with Crippen molar-refractivity contribution < 1.29 is 18.3 Å². The van der Waals surface area contributed by atoms with Crippen molar-refractivity contribution in [2.45, 2.75) is 0 Å². The Labute approximate surface area is 114 Å². The Balaban J connectivity index is 2.18. The van der Waals surface area contributed by atoms with E-state index in [4.69, 9.17) is 4.74 Å². The molecule has 1 aliphatic rings. The molecule has 0 radical (unpaired) electrons. The van der Waals surface area contributed by atoms with Crippen LogP contribution in [0.15, 0.2) is 42.5 Å². The summed E-state index contributed by atoms with van der Waals surface area (Å²) in [6, 6.07) is 8.23. The fourth-order valence-corrected chi connectivity index (χ4v) is 2.32. The zero-order chi connectivity index (χ0) is 14.3. The van der Waals surface area contributed by atoms with Crippen LogP contribution in [0.3, 0.4) is 0 Å². The lowest BCUT2D eigenvalue weighted by atomic mass is 9.98. The van der Waals surface area contributed by atoms with Gasteiger partial charge in [-0.1, -0.05) is 0 Å². The Morgan fingerprint density at radius 2 is 1.65 bits per heavy atom. The average molecular weight is 272 g/mol. The van der Waals surface area contributed by atoms with Crippen molar-refractivity contribution in [3.05, 3.63) is 70.8 Å². The van der Waals surface area contributed by atoms with E-state index >= 15 is 0 Å². The van der Waals surface area contributed by atoms with Crippen molar-refractivity contribution >= 4 is 11.4 Å². The third-order valence-corrected chi connectivity index (χ3v) is 3.23. The average Bonchev–Trinajstić information content (AvgIpc) is 2.74. The molecule has 2 aromatic rings. The van der Waals surface area contributed by atoms with E-state index in [9.17, 15) is 13.6 Å². The van der Waals surface area contributed by atoms with Gasteiger partial charge in [0.15, 0.2) is 5.78 Å². The van der Waals surface area contributed by atoms with Crippen LogP contribution in [0.4, 0.5) is 8.78 Å². The molecule has 1 aliphatic carbocycles. The second-order valence-electron chi connectivity index (χ2n) is 4.49. The van der Waals surface area contributed by atoms with Crippen LogP contribution < -0.4 is 4.74 Å². The van der Waals surface area contributed by atoms with Gasteiger partial charge in [-0.3, -0.25) is 4.79 Å². The summed E-state index contributed by atoms with van der Waals surface area (Å²) in [4.78, 5) is 11.9. The third-order valence-electron chi connectivity index (χ3n) is 3.23. The van der Waals surface area contributed by atoms with Crippen LogP contribution in [0.2, 0.25) is 0 Å². The molecule has 100 valence electrons. The minimum absolute atomic E-state index is 0.178. The maximum atomic E-state index is 13.3. The predicted molar refractivity (Wildman–Crippen MR) is 70.8 cm³/mol. The first-order chi connectivity index (χ1) is 9.58. The van der Waals surface area contributed by atoms with Crippen molar-refractivity contribution in [3.8, 4) is 5.75 Å². The third kappa shape index (κ3) is 1.99. The van der Waals surface area contributed by atoms with Gasteiger partial charge in [0.1, 0.15) is 17.4 Å². The van der Waals surface area contributed by atoms with E-state index < -0.39 is 11.6 Å². The SMILES string of the molecule is COc1ccc2c(c1)C(c1cc(F)cc(F)c1)=CC2=O. The molecule has 0 fully saturated rings. The molecule has 0 aromatic heterocycles. The number of allylic oxidation sites excluding steroid dienone is 1. The minimum Gasteiger partial charge on any atom is -0.497 e. The van der Waals surface area contributed by atoms with Crippen molar-refractivity contribution in [2.24, 2.45) is 0 Å². The van der Waals surface area contributed by atoms with E-state index in [0.29, 0.717) is 28.0 Å². The fraction of sp³-hybridized carbons (Fsp3) is 0.0625. The topological polar surface area (TPSA) is 26.3 Å². The van der Waals surface area contributed by atoms with Gasteiger partial charge in [0, 0.05) is 11.6 Å². The molecule has 0 saturated heterocycles. The molecule has 0 heterocycles. The Morgan fingerprint density at radius 3 is 2.30 bits per heavy atom. The zero-order valence-electron chi connectivity index (χ0n) is 10.6. The lowest BCUT2D eigenvalue weighted by molar-refractivity contribution is 0.105. The normalized spacial score (nSPS) is 13.2. The number of ketones is 1. The van der Waals surface area contributed by atoms with Gasteiger partial charge in [0.2, 0.25) is 0 Å². The second kappa shape index (κ2) is 4.56. The van der Waals surface area contributed by atoms with Gasteiger partial charge < -0.3 is 4.74 Å². The van der Waals surface area contributed by atoms with Gasteiger partial charge in [0.05, 0.1) is 7.11 Å². The van der Waals surface area contributed by atoms with Gasteiger partial charge in [-0.25, -0.2) is 8.78 Å². The van der Waals surface area contributed by atoms with Crippen molar-refractivity contribution in [2.75, 3.05) is 7.11 Å². The summed E-state index contributed by atoms with van der Waals surface area (Å²) in [6.07, 6.45) is 1.39. The van der Waals surface area contributed by atoms with E-state index in [2.05, 4.69) is 0 Å². The highest BCUT2D eigenvalue weighted by atomic mass is 19.1. The molecule has 0 bridgehead atoms. The van der Waals surface area contributed by atoms with E-state index in [1.165, 1.54) is 25.3 Å². The van der Waals surface area contributed by atoms with Crippen molar-refractivity contribution in [1.29, 1.82) is 0 Å². The number of ether oxygens (including phenoxy) is 1. The molecule has 0 spiro atoms. The Hall–Kier alpha value is -2.49. The summed E-state index contributed by atoms with van der Waals surface area (Å²) < 4.78 is 31.8. The number of methoxy groups -OCH3 is 1. The fourth-order valence-electron chi connectivity index (χ4n) is 2.32. The van der Waals surface area contributed by atoms with Crippen molar-refractivity contribution in [3.63, 3.8) is 0 Å². The molecule has 2 aromatic carbocycles. The predicted octanol–water partition coefficient (Wildman–Crippen LogP) is 3.60. The van der Waals surface area contributed by atoms with E-state index in [1.54, 1.807) is 18.2 Å². The minimum atomic E-state index is -0.676. The molecule has 0 saturated carbocycles. The molecule has 0 amide bonds. The number of halogens is 2. The first-order valence-corrected chi connectivity index (χ1v) is 5.99. The molecule has 0 aliphatic heterocycles. The highest BCUT2D eigenvalue weighted by Gasteiger charge is 2.23. The highest BCUT2D eigenvalue weighted by Crippen LogP contribution is 2.35. The molecule has 0 atom stereocenters. The van der Waals surface area contributed by atoms with Crippen LogP contribution in [0.1, 0.15) is 21.5 Å². The summed E-state index contributed by atoms with van der Waals surface area (Å²) in [6.45, 7) is 0. The summed E-state index contributed by atoms with van der Waals surface area (Å²) in [5.41, 5.74) is 1.97. The number of carbonyl (C=O) groups is 1. The quantitative estimate of drug-likeness (QED) is 0.835. The number of fused-ring (bicyclic) bond motifs is 1. The molecule has 0 unspecified atom stereocenters. The van der Waals surface area contributed by atoms with Gasteiger partial charge >= 0.3 is 0 Å².